The van der Waals surface area contributed by atoms with E-state index in [2.05, 4.69) is 27.5 Å². The predicted octanol–water partition coefficient (Wildman–Crippen LogP) is 1.34. The third-order valence-electron chi connectivity index (χ3n) is 4.92. The number of benzene rings is 1. The summed E-state index contributed by atoms with van der Waals surface area (Å²) in [5.74, 6) is -0.361. The standard InChI is InChI=1S/C16H18N4O3/c21-14(22)16(7-4-10-23-11-16)20-18-13(17-19-20)15(8-9-15)12-5-2-1-3-6-12/h1-3,5-6H,4,7-11H2,(H,21,22). The van der Waals surface area contributed by atoms with Crippen LogP contribution in [0.25, 0.3) is 0 Å². The fraction of sp³-hybridized carbons (Fsp3) is 0.500. The fourth-order valence-corrected chi connectivity index (χ4v) is 3.30. The molecule has 2 fully saturated rings. The van der Waals surface area contributed by atoms with Crippen molar-refractivity contribution in [3.63, 3.8) is 0 Å². The van der Waals surface area contributed by atoms with Gasteiger partial charge in [-0.15, -0.1) is 15.0 Å². The maximum atomic E-state index is 11.8. The highest BCUT2D eigenvalue weighted by Gasteiger charge is 2.52. The van der Waals surface area contributed by atoms with Crippen molar-refractivity contribution in [2.75, 3.05) is 13.2 Å². The molecule has 7 heteroatoms. The van der Waals surface area contributed by atoms with E-state index >= 15 is 0 Å². The Balaban J connectivity index is 1.71. The van der Waals surface area contributed by atoms with Gasteiger partial charge in [-0.2, -0.15) is 0 Å². The van der Waals surface area contributed by atoms with Gasteiger partial charge in [0.25, 0.3) is 0 Å². The SMILES string of the molecule is O=C(O)C1(n2nnc(C3(c4ccccc4)CC3)n2)CCCOC1. The van der Waals surface area contributed by atoms with Crippen LogP contribution in [0.2, 0.25) is 0 Å². The van der Waals surface area contributed by atoms with Gasteiger partial charge in [0.05, 0.1) is 12.0 Å². The summed E-state index contributed by atoms with van der Waals surface area (Å²) >= 11 is 0. The van der Waals surface area contributed by atoms with E-state index in [9.17, 15) is 9.90 Å². The topological polar surface area (TPSA) is 90.1 Å². The van der Waals surface area contributed by atoms with E-state index in [0.29, 0.717) is 25.3 Å². The summed E-state index contributed by atoms with van der Waals surface area (Å²) in [5, 5.41) is 22.4. The Labute approximate surface area is 133 Å². The van der Waals surface area contributed by atoms with Crippen molar-refractivity contribution in [3.05, 3.63) is 41.7 Å². The highest BCUT2D eigenvalue weighted by Crippen LogP contribution is 2.52. The van der Waals surface area contributed by atoms with Gasteiger partial charge < -0.3 is 9.84 Å². The first kappa shape index (κ1) is 14.3. The minimum absolute atomic E-state index is 0.0798. The van der Waals surface area contributed by atoms with Gasteiger partial charge in [0.1, 0.15) is 0 Å². The molecule has 1 aromatic heterocycles. The number of rotatable bonds is 4. The zero-order chi connectivity index (χ0) is 15.9. The van der Waals surface area contributed by atoms with E-state index in [1.54, 1.807) is 0 Å². The number of carbonyl (C=O) groups is 1. The summed E-state index contributed by atoms with van der Waals surface area (Å²) in [5.41, 5.74) is -0.297. The molecule has 1 aliphatic carbocycles. The molecule has 2 aromatic rings. The summed E-state index contributed by atoms with van der Waals surface area (Å²) in [6.07, 6.45) is 3.04. The molecule has 0 amide bonds. The molecule has 2 aliphatic rings. The van der Waals surface area contributed by atoms with Crippen LogP contribution in [0.5, 0.6) is 0 Å². The number of hydrogen-bond acceptors (Lipinski definition) is 5. The van der Waals surface area contributed by atoms with Crippen LogP contribution in [0, 0.1) is 0 Å². The molecule has 0 bridgehead atoms. The van der Waals surface area contributed by atoms with Crippen molar-refractivity contribution in [2.24, 2.45) is 0 Å². The Morgan fingerprint density at radius 1 is 1.22 bits per heavy atom. The van der Waals surface area contributed by atoms with Crippen molar-refractivity contribution < 1.29 is 14.6 Å². The van der Waals surface area contributed by atoms with Gasteiger partial charge in [-0.3, -0.25) is 0 Å². The molecule has 0 radical (unpaired) electrons. The fourth-order valence-electron chi connectivity index (χ4n) is 3.30. The minimum atomic E-state index is -1.24. The van der Waals surface area contributed by atoms with Crippen LogP contribution in [-0.2, 0) is 20.5 Å². The zero-order valence-electron chi connectivity index (χ0n) is 12.7. The summed E-state index contributed by atoms with van der Waals surface area (Å²) in [6.45, 7) is 0.654. The van der Waals surface area contributed by atoms with Crippen LogP contribution in [0.15, 0.2) is 30.3 Å². The van der Waals surface area contributed by atoms with E-state index < -0.39 is 11.5 Å². The number of aliphatic carboxylic acids is 1. The lowest BCUT2D eigenvalue weighted by atomic mass is 9.93. The maximum Gasteiger partial charge on any atom is 0.336 e. The second-order valence-corrected chi connectivity index (χ2v) is 6.34. The molecule has 0 spiro atoms. The van der Waals surface area contributed by atoms with Crippen LogP contribution in [0.1, 0.15) is 37.1 Å². The van der Waals surface area contributed by atoms with Crippen LogP contribution in [0.4, 0.5) is 0 Å². The molecule has 7 nitrogen and oxygen atoms in total. The number of nitrogens with zero attached hydrogens (tertiary/aromatic N) is 4. The molecule has 1 saturated heterocycles. The number of carboxylic acid groups (broad SMARTS) is 1. The van der Waals surface area contributed by atoms with Crippen LogP contribution in [0.3, 0.4) is 0 Å². The lowest BCUT2D eigenvalue weighted by molar-refractivity contribution is -0.157. The molecule has 1 saturated carbocycles. The van der Waals surface area contributed by atoms with Gasteiger partial charge in [0.15, 0.2) is 5.82 Å². The third kappa shape index (κ3) is 2.15. The first-order valence-electron chi connectivity index (χ1n) is 7.85. The Morgan fingerprint density at radius 3 is 2.61 bits per heavy atom. The quantitative estimate of drug-likeness (QED) is 0.916. The Morgan fingerprint density at radius 2 is 2.00 bits per heavy atom. The van der Waals surface area contributed by atoms with E-state index in [4.69, 9.17) is 4.74 Å². The van der Waals surface area contributed by atoms with E-state index in [1.165, 1.54) is 4.80 Å². The monoisotopic (exact) mass is 314 g/mol. The van der Waals surface area contributed by atoms with Crippen molar-refractivity contribution >= 4 is 5.97 Å². The lowest BCUT2D eigenvalue weighted by Gasteiger charge is -2.31. The van der Waals surface area contributed by atoms with Crippen molar-refractivity contribution in [1.29, 1.82) is 0 Å². The van der Waals surface area contributed by atoms with E-state index in [0.717, 1.165) is 18.4 Å². The Bertz CT molecular complexity index is 718. The molecule has 1 N–H and O–H groups in total. The second-order valence-electron chi connectivity index (χ2n) is 6.34. The zero-order valence-corrected chi connectivity index (χ0v) is 12.7. The first-order valence-corrected chi connectivity index (χ1v) is 7.85. The Hall–Kier alpha value is -2.28. The molecular formula is C16H18N4O3. The number of ether oxygens (including phenoxy) is 1. The van der Waals surface area contributed by atoms with Gasteiger partial charge in [-0.1, -0.05) is 30.3 Å². The van der Waals surface area contributed by atoms with E-state index in [1.807, 2.05) is 18.2 Å². The molecule has 1 unspecified atom stereocenters. The lowest BCUT2D eigenvalue weighted by Crippen LogP contribution is -2.50. The molecular weight excluding hydrogens is 296 g/mol. The highest BCUT2D eigenvalue weighted by atomic mass is 16.5. The van der Waals surface area contributed by atoms with E-state index in [-0.39, 0.29) is 12.0 Å². The molecule has 2 heterocycles. The molecule has 1 atom stereocenters. The average molecular weight is 314 g/mol. The maximum absolute atomic E-state index is 11.8. The van der Waals surface area contributed by atoms with Crippen LogP contribution in [-0.4, -0.2) is 44.5 Å². The predicted molar refractivity (Wildman–Crippen MR) is 79.9 cm³/mol. The average Bonchev–Trinajstić information content (AvgIpc) is 3.26. The van der Waals surface area contributed by atoms with Gasteiger partial charge in [-0.25, -0.2) is 4.79 Å². The van der Waals surface area contributed by atoms with Crippen molar-refractivity contribution in [1.82, 2.24) is 20.2 Å². The molecule has 4 rings (SSSR count). The highest BCUT2D eigenvalue weighted by molar-refractivity contribution is 5.76. The Kier molecular flexibility index (Phi) is 3.19. The number of hydrogen-bond donors (Lipinski definition) is 1. The summed E-state index contributed by atoms with van der Waals surface area (Å²) in [4.78, 5) is 13.1. The third-order valence-corrected chi connectivity index (χ3v) is 4.92. The summed E-state index contributed by atoms with van der Waals surface area (Å²) in [7, 11) is 0. The molecule has 23 heavy (non-hydrogen) atoms. The van der Waals surface area contributed by atoms with Crippen LogP contribution < -0.4 is 0 Å². The summed E-state index contributed by atoms with van der Waals surface area (Å²) < 4.78 is 5.39. The number of aromatic nitrogens is 4. The van der Waals surface area contributed by atoms with Gasteiger partial charge >= 0.3 is 5.97 Å². The second kappa shape index (κ2) is 5.13. The largest absolute Gasteiger partial charge is 0.479 e. The molecule has 1 aromatic carbocycles. The van der Waals surface area contributed by atoms with Crippen molar-refractivity contribution in [2.45, 2.75) is 36.6 Å². The summed E-state index contributed by atoms with van der Waals surface area (Å²) in [6, 6.07) is 10.1. The first-order chi connectivity index (χ1) is 11.2. The minimum Gasteiger partial charge on any atom is -0.479 e. The van der Waals surface area contributed by atoms with Crippen molar-refractivity contribution in [3.8, 4) is 0 Å². The van der Waals surface area contributed by atoms with Gasteiger partial charge in [0, 0.05) is 6.61 Å². The normalized spacial score (nSPS) is 25.9. The van der Waals surface area contributed by atoms with Gasteiger partial charge in [0.2, 0.25) is 5.54 Å². The smallest absolute Gasteiger partial charge is 0.336 e. The molecule has 120 valence electrons. The number of tetrazole rings is 1. The van der Waals surface area contributed by atoms with Crippen LogP contribution >= 0.6 is 0 Å². The van der Waals surface area contributed by atoms with Gasteiger partial charge in [-0.05, 0) is 36.5 Å². The molecule has 1 aliphatic heterocycles. The number of carboxylic acids is 1.